The van der Waals surface area contributed by atoms with Crippen molar-refractivity contribution in [2.24, 2.45) is 0 Å². The van der Waals surface area contributed by atoms with Gasteiger partial charge in [0.05, 0.1) is 26.7 Å². The molecule has 6 nitrogen and oxygen atoms in total. The lowest BCUT2D eigenvalue weighted by atomic mass is 10.1. The van der Waals surface area contributed by atoms with Crippen LogP contribution >= 0.6 is 30.4 Å². The first-order valence-electron chi connectivity index (χ1n) is 11.0. The van der Waals surface area contributed by atoms with Crippen molar-refractivity contribution in [2.75, 3.05) is 5.32 Å². The number of imidazole rings is 1. The number of amides is 2. The van der Waals surface area contributed by atoms with Gasteiger partial charge >= 0.3 is 6.18 Å². The molecule has 200 valence electrons. The van der Waals surface area contributed by atoms with Crippen molar-refractivity contribution in [3.63, 3.8) is 0 Å². The van der Waals surface area contributed by atoms with E-state index in [4.69, 9.17) is 11.6 Å². The number of carbonyl (C=O) groups is 2. The van der Waals surface area contributed by atoms with Crippen LogP contribution in [0.1, 0.15) is 26.3 Å². The van der Waals surface area contributed by atoms with Gasteiger partial charge in [0.15, 0.2) is 0 Å². The van der Waals surface area contributed by atoms with E-state index in [1.807, 2.05) is 0 Å². The van der Waals surface area contributed by atoms with Gasteiger partial charge < -0.3 is 15.0 Å². The summed E-state index contributed by atoms with van der Waals surface area (Å²) in [5.74, 6) is -3.09. The van der Waals surface area contributed by atoms with Crippen LogP contribution in [-0.2, 0) is 6.18 Å². The molecule has 14 heteroatoms. The maximum absolute atomic E-state index is 14.4. The van der Waals surface area contributed by atoms with E-state index in [0.29, 0.717) is 28.4 Å². The molecular formula is C25H14ClF5N4O2S2. The second kappa shape index (κ2) is 8.41. The van der Waals surface area contributed by atoms with Gasteiger partial charge in [0, 0.05) is 33.1 Å². The lowest BCUT2D eigenvalue weighted by molar-refractivity contribution is -0.137. The molecule has 3 N–H and O–H groups in total. The summed E-state index contributed by atoms with van der Waals surface area (Å²) < 4.78 is 73.0. The molecule has 0 aliphatic carbocycles. The van der Waals surface area contributed by atoms with E-state index in [-0.39, 0.29) is 27.2 Å². The summed E-state index contributed by atoms with van der Waals surface area (Å²) in [7, 11) is -2.29. The van der Waals surface area contributed by atoms with Crippen molar-refractivity contribution in [1.82, 2.24) is 14.7 Å². The zero-order valence-corrected chi connectivity index (χ0v) is 21.6. The number of alkyl halides is 3. The summed E-state index contributed by atoms with van der Waals surface area (Å²) in [4.78, 5) is 34.3. The molecule has 2 aliphatic rings. The predicted molar refractivity (Wildman–Crippen MR) is 140 cm³/mol. The van der Waals surface area contributed by atoms with Gasteiger partial charge in [0.2, 0.25) is 0 Å². The second-order valence-electron chi connectivity index (χ2n) is 8.72. The molecule has 6 rings (SSSR count). The predicted octanol–water partition coefficient (Wildman–Crippen LogP) is 7.12. The summed E-state index contributed by atoms with van der Waals surface area (Å²) in [5, 5.41) is 2.73. The molecule has 2 amide bonds. The fourth-order valence-corrected chi connectivity index (χ4v) is 12.8. The fraction of sp³-hybridized carbons (Fsp3) is 0.0400. The molecular weight excluding hydrogens is 583 g/mol. The standard InChI is InChI=1S/C25H14ClF5N4O2S2/c26-18-2-1-15(27)10-20(18)39(11-38-39)21-17(24(37)35-39)7-12(22-32-3-4-33-22)8-19(21)34-23(36)13-5-14(25(29,30)31)9-16(28)6-13/h1-11H,(H,32,33)(H,34,36)(H,35,37). The van der Waals surface area contributed by atoms with Crippen molar-refractivity contribution < 1.29 is 31.5 Å². The van der Waals surface area contributed by atoms with Crippen molar-refractivity contribution in [2.45, 2.75) is 16.0 Å². The van der Waals surface area contributed by atoms with Crippen molar-refractivity contribution in [1.29, 1.82) is 0 Å². The molecule has 0 bridgehead atoms. The highest BCUT2D eigenvalue weighted by molar-refractivity contribution is 9.19. The molecule has 0 radical (unpaired) electrons. The fourth-order valence-electron chi connectivity index (χ4n) is 4.52. The molecule has 0 saturated carbocycles. The van der Waals surface area contributed by atoms with Crippen LogP contribution in [-0.4, -0.2) is 26.5 Å². The van der Waals surface area contributed by atoms with Gasteiger partial charge in [-0.25, -0.2) is 13.8 Å². The van der Waals surface area contributed by atoms with Crippen LogP contribution in [0.5, 0.6) is 0 Å². The van der Waals surface area contributed by atoms with Gasteiger partial charge in [-0.3, -0.25) is 9.59 Å². The molecule has 2 aliphatic heterocycles. The second-order valence-corrected chi connectivity index (χ2v) is 15.8. The van der Waals surface area contributed by atoms with E-state index in [1.54, 1.807) is 17.0 Å². The average Bonchev–Trinajstić information content (AvgIpc) is 3.24. The topological polar surface area (TPSA) is 86.9 Å². The van der Waals surface area contributed by atoms with E-state index < -0.39 is 48.7 Å². The highest BCUT2D eigenvalue weighted by Crippen LogP contribution is 2.91. The summed E-state index contributed by atoms with van der Waals surface area (Å²) in [6, 6.07) is 8.22. The summed E-state index contributed by atoms with van der Waals surface area (Å²) in [6.45, 7) is 0. The van der Waals surface area contributed by atoms with Crippen LogP contribution < -0.4 is 10.0 Å². The molecule has 0 saturated heterocycles. The number of benzene rings is 3. The zero-order valence-electron chi connectivity index (χ0n) is 19.2. The van der Waals surface area contributed by atoms with Gasteiger partial charge in [0.25, 0.3) is 11.8 Å². The number of hydrogen-bond donors (Lipinski definition) is 3. The first-order valence-corrected chi connectivity index (χ1v) is 14.9. The number of nitrogens with one attached hydrogen (secondary N) is 3. The van der Waals surface area contributed by atoms with E-state index in [9.17, 15) is 31.5 Å². The Morgan fingerprint density at radius 3 is 2.49 bits per heavy atom. The number of anilines is 1. The van der Waals surface area contributed by atoms with Crippen LogP contribution in [0.4, 0.5) is 27.6 Å². The van der Waals surface area contributed by atoms with E-state index in [1.165, 1.54) is 35.2 Å². The molecule has 1 aromatic heterocycles. The SMILES string of the molecule is O=C(Nc1cc(-c2ncc[nH]2)cc2c1S1(c3cc(F)ccc3Cl)(=CS1)NC2=O)c1cc(F)cc(C(F)(F)F)c1. The Hall–Kier alpha value is -3.68. The van der Waals surface area contributed by atoms with Crippen LogP contribution in [0, 0.1) is 11.6 Å². The molecule has 39 heavy (non-hydrogen) atoms. The number of aromatic nitrogens is 2. The van der Waals surface area contributed by atoms with E-state index >= 15 is 0 Å². The van der Waals surface area contributed by atoms with Gasteiger partial charge in [0.1, 0.15) is 17.5 Å². The number of carbonyl (C=O) groups excluding carboxylic acids is 2. The summed E-state index contributed by atoms with van der Waals surface area (Å²) in [6.07, 6.45) is -1.88. The number of H-pyrrole nitrogens is 1. The van der Waals surface area contributed by atoms with E-state index in [2.05, 4.69) is 20.0 Å². The lowest BCUT2D eigenvalue weighted by Gasteiger charge is -2.35. The molecule has 3 aromatic carbocycles. The Balaban J connectivity index is 1.56. The Morgan fingerprint density at radius 2 is 1.82 bits per heavy atom. The normalized spacial score (nSPS) is 17.5. The molecule has 4 aromatic rings. The third-order valence-corrected chi connectivity index (χ3v) is 14.1. The third-order valence-electron chi connectivity index (χ3n) is 6.26. The minimum absolute atomic E-state index is 0.0450. The number of aromatic amines is 1. The van der Waals surface area contributed by atoms with Crippen molar-refractivity contribution in [3.05, 3.63) is 94.3 Å². The summed E-state index contributed by atoms with van der Waals surface area (Å²) >= 11 is 6.48. The van der Waals surface area contributed by atoms with Crippen LogP contribution in [0.25, 0.3) is 11.4 Å². The number of rotatable bonds is 4. The van der Waals surface area contributed by atoms with Crippen molar-refractivity contribution >= 4 is 52.6 Å². The maximum Gasteiger partial charge on any atom is 0.416 e. The number of fused-ring (bicyclic) bond motifs is 2. The minimum Gasteiger partial charge on any atom is -0.345 e. The Morgan fingerprint density at radius 1 is 1.05 bits per heavy atom. The number of nitrogens with zero attached hydrogens (tertiary/aromatic N) is 1. The first-order chi connectivity index (χ1) is 18.4. The zero-order chi connectivity index (χ0) is 27.8. The average molecular weight is 597 g/mol. The Bertz CT molecular complexity index is 1810. The highest BCUT2D eigenvalue weighted by atomic mass is 35.5. The largest absolute Gasteiger partial charge is 0.416 e. The van der Waals surface area contributed by atoms with E-state index in [0.717, 1.165) is 6.07 Å². The van der Waals surface area contributed by atoms with Gasteiger partial charge in [-0.15, -0.1) is 0 Å². The molecule has 0 fully saturated rings. The lowest BCUT2D eigenvalue weighted by Crippen LogP contribution is -2.19. The highest BCUT2D eigenvalue weighted by Gasteiger charge is 2.57. The van der Waals surface area contributed by atoms with Gasteiger partial charge in [-0.2, -0.15) is 13.2 Å². The van der Waals surface area contributed by atoms with Gasteiger partial charge in [-0.05, 0) is 48.5 Å². The molecule has 0 unspecified atom stereocenters. The van der Waals surface area contributed by atoms with Crippen molar-refractivity contribution in [3.8, 4) is 11.4 Å². The van der Waals surface area contributed by atoms with Crippen LogP contribution in [0.2, 0.25) is 5.02 Å². The smallest absolute Gasteiger partial charge is 0.345 e. The molecule has 0 atom stereocenters. The number of hydrogen-bond acceptors (Lipinski definition) is 4. The minimum atomic E-state index is -4.89. The first kappa shape index (κ1) is 25.6. The molecule has 1 spiro atoms. The monoisotopic (exact) mass is 596 g/mol. The van der Waals surface area contributed by atoms with Crippen LogP contribution in [0.3, 0.4) is 0 Å². The van der Waals surface area contributed by atoms with Crippen LogP contribution in [0.15, 0.2) is 70.7 Å². The third kappa shape index (κ3) is 3.95. The Labute approximate surface area is 225 Å². The number of halogens is 6. The Kier molecular flexibility index (Phi) is 5.52. The molecule has 3 heterocycles. The quantitative estimate of drug-likeness (QED) is 0.133. The maximum atomic E-state index is 14.4. The summed E-state index contributed by atoms with van der Waals surface area (Å²) in [5.41, 5.74) is -1.36. The van der Waals surface area contributed by atoms with Gasteiger partial charge in [-0.1, -0.05) is 30.4 Å².